The molecule has 0 saturated carbocycles. The van der Waals surface area contributed by atoms with E-state index in [1.54, 1.807) is 6.08 Å². The van der Waals surface area contributed by atoms with Crippen LogP contribution in [0.4, 0.5) is 0 Å². The summed E-state index contributed by atoms with van der Waals surface area (Å²) in [6, 6.07) is 1.25. The topological polar surface area (TPSA) is 26.3 Å². The van der Waals surface area contributed by atoms with E-state index in [1.165, 1.54) is 12.1 Å². The summed E-state index contributed by atoms with van der Waals surface area (Å²) in [4.78, 5) is 11.3. The molecule has 112 valence electrons. The molecule has 0 aromatic carbocycles. The Hall–Kier alpha value is -0.573. The Bertz CT molecular complexity index is 271. The van der Waals surface area contributed by atoms with Gasteiger partial charge in [-0.1, -0.05) is 70.3 Å². The first-order valence-electron chi connectivity index (χ1n) is 7.58. The molecule has 0 N–H and O–H groups in total. The van der Waals surface area contributed by atoms with Crippen molar-refractivity contribution < 1.29 is 9.53 Å². The SMILES string of the molecule is CC=CC(=O)OCCC[Si](C(C)C)(C(C)C)C(C)C. The lowest BCUT2D eigenvalue weighted by Crippen LogP contribution is -2.44. The van der Waals surface area contributed by atoms with Crippen LogP contribution in [0.15, 0.2) is 12.2 Å². The molecule has 0 aromatic heterocycles. The zero-order valence-electron chi connectivity index (χ0n) is 13.8. The Balaban J connectivity index is 4.48. The van der Waals surface area contributed by atoms with Crippen LogP contribution in [-0.4, -0.2) is 20.7 Å². The number of hydrogen-bond acceptors (Lipinski definition) is 2. The van der Waals surface area contributed by atoms with Crippen molar-refractivity contribution in [2.24, 2.45) is 0 Å². The zero-order valence-corrected chi connectivity index (χ0v) is 14.8. The summed E-state index contributed by atoms with van der Waals surface area (Å²) in [5, 5.41) is 0. The fraction of sp³-hybridized carbons (Fsp3) is 0.812. The molecule has 0 radical (unpaired) electrons. The van der Waals surface area contributed by atoms with Gasteiger partial charge in [0.2, 0.25) is 0 Å². The van der Waals surface area contributed by atoms with Gasteiger partial charge in [-0.05, 0) is 13.3 Å². The van der Waals surface area contributed by atoms with Gasteiger partial charge in [-0.15, -0.1) is 0 Å². The van der Waals surface area contributed by atoms with Gasteiger partial charge < -0.3 is 4.74 Å². The number of allylic oxidation sites excluding steroid dienone is 1. The quantitative estimate of drug-likeness (QED) is 0.266. The van der Waals surface area contributed by atoms with Gasteiger partial charge in [0, 0.05) is 6.08 Å². The van der Waals surface area contributed by atoms with Crippen molar-refractivity contribution in [2.45, 2.75) is 77.6 Å². The third-order valence-electron chi connectivity index (χ3n) is 4.53. The van der Waals surface area contributed by atoms with E-state index < -0.39 is 8.07 Å². The van der Waals surface area contributed by atoms with Crippen LogP contribution >= 0.6 is 0 Å². The second kappa shape index (κ2) is 8.57. The molecule has 0 bridgehead atoms. The summed E-state index contributed by atoms with van der Waals surface area (Å²) < 4.78 is 5.21. The summed E-state index contributed by atoms with van der Waals surface area (Å²) in [6.45, 7) is 16.6. The van der Waals surface area contributed by atoms with Crippen molar-refractivity contribution >= 4 is 14.0 Å². The summed E-state index contributed by atoms with van der Waals surface area (Å²) in [6.07, 6.45) is 4.21. The lowest BCUT2D eigenvalue weighted by atomic mass is 10.5. The van der Waals surface area contributed by atoms with Crippen LogP contribution in [0.25, 0.3) is 0 Å². The maximum Gasteiger partial charge on any atom is 0.330 e. The molecule has 0 aliphatic rings. The molecule has 3 heteroatoms. The third kappa shape index (κ3) is 5.13. The van der Waals surface area contributed by atoms with Crippen molar-refractivity contribution in [3.8, 4) is 0 Å². The van der Waals surface area contributed by atoms with Crippen LogP contribution < -0.4 is 0 Å². The van der Waals surface area contributed by atoms with E-state index in [9.17, 15) is 4.79 Å². The predicted octanol–water partition coefficient (Wildman–Crippen LogP) is 5.17. The Morgan fingerprint density at radius 1 is 1.05 bits per heavy atom. The minimum absolute atomic E-state index is 0.214. The third-order valence-corrected chi connectivity index (χ3v) is 12.2. The van der Waals surface area contributed by atoms with Gasteiger partial charge in [0.1, 0.15) is 0 Å². The van der Waals surface area contributed by atoms with Crippen LogP contribution in [0, 0.1) is 0 Å². The number of esters is 1. The van der Waals surface area contributed by atoms with E-state index in [4.69, 9.17) is 4.74 Å². The van der Waals surface area contributed by atoms with Crippen LogP contribution in [0.2, 0.25) is 22.7 Å². The summed E-state index contributed by atoms with van der Waals surface area (Å²) in [5.41, 5.74) is 2.33. The normalized spacial score (nSPS) is 12.9. The van der Waals surface area contributed by atoms with Gasteiger partial charge in [0.25, 0.3) is 0 Å². The van der Waals surface area contributed by atoms with E-state index in [0.29, 0.717) is 6.61 Å². The highest BCUT2D eigenvalue weighted by Gasteiger charge is 2.41. The molecule has 0 spiro atoms. The molecule has 0 amide bonds. The van der Waals surface area contributed by atoms with Crippen molar-refractivity contribution in [2.75, 3.05) is 6.61 Å². The van der Waals surface area contributed by atoms with Gasteiger partial charge in [0.05, 0.1) is 14.7 Å². The molecule has 0 aliphatic heterocycles. The first kappa shape index (κ1) is 18.4. The molecule has 0 heterocycles. The maximum atomic E-state index is 11.3. The van der Waals surface area contributed by atoms with Crippen LogP contribution in [0.5, 0.6) is 0 Å². The highest BCUT2D eigenvalue weighted by Crippen LogP contribution is 2.44. The second-order valence-electron chi connectivity index (χ2n) is 6.35. The summed E-state index contributed by atoms with van der Waals surface area (Å²) in [5.74, 6) is -0.214. The number of ether oxygens (including phenoxy) is 1. The number of carbonyl (C=O) groups excluding carboxylic acids is 1. The van der Waals surface area contributed by atoms with Crippen molar-refractivity contribution in [1.29, 1.82) is 0 Å². The predicted molar refractivity (Wildman–Crippen MR) is 86.2 cm³/mol. The van der Waals surface area contributed by atoms with Crippen LogP contribution in [-0.2, 0) is 9.53 Å². The molecule has 0 unspecified atom stereocenters. The Morgan fingerprint density at radius 2 is 1.53 bits per heavy atom. The minimum atomic E-state index is -1.33. The van der Waals surface area contributed by atoms with Crippen molar-refractivity contribution in [3.05, 3.63) is 12.2 Å². The minimum Gasteiger partial charge on any atom is -0.463 e. The van der Waals surface area contributed by atoms with Crippen LogP contribution in [0.1, 0.15) is 54.9 Å². The fourth-order valence-electron chi connectivity index (χ4n) is 3.60. The molecule has 0 aliphatic carbocycles. The Kier molecular flexibility index (Phi) is 8.31. The average Bonchev–Trinajstić information content (AvgIpc) is 2.27. The first-order valence-corrected chi connectivity index (χ1v) is 10.0. The molecular formula is C16H32O2Si. The second-order valence-corrected chi connectivity index (χ2v) is 12.5. The largest absolute Gasteiger partial charge is 0.463 e. The van der Waals surface area contributed by atoms with E-state index in [0.717, 1.165) is 23.0 Å². The fourth-order valence-corrected chi connectivity index (χ4v) is 10.1. The molecule has 0 saturated heterocycles. The zero-order chi connectivity index (χ0) is 15.1. The van der Waals surface area contributed by atoms with Gasteiger partial charge in [-0.25, -0.2) is 4.79 Å². The van der Waals surface area contributed by atoms with Gasteiger partial charge in [-0.2, -0.15) is 0 Å². The molecule has 0 rings (SSSR count). The maximum absolute atomic E-state index is 11.3. The molecule has 0 atom stereocenters. The van der Waals surface area contributed by atoms with Crippen LogP contribution in [0.3, 0.4) is 0 Å². The lowest BCUT2D eigenvalue weighted by molar-refractivity contribution is -0.137. The number of carbonyl (C=O) groups is 1. The number of hydrogen-bond donors (Lipinski definition) is 0. The Morgan fingerprint density at radius 3 is 1.89 bits per heavy atom. The van der Waals surface area contributed by atoms with Gasteiger partial charge in [-0.3, -0.25) is 0 Å². The highest BCUT2D eigenvalue weighted by molar-refractivity contribution is 6.83. The molecular weight excluding hydrogens is 252 g/mol. The van der Waals surface area contributed by atoms with Crippen molar-refractivity contribution in [3.63, 3.8) is 0 Å². The smallest absolute Gasteiger partial charge is 0.330 e. The van der Waals surface area contributed by atoms with E-state index in [2.05, 4.69) is 41.5 Å². The lowest BCUT2D eigenvalue weighted by Gasteiger charge is -2.43. The molecule has 2 nitrogen and oxygen atoms in total. The Labute approximate surface area is 120 Å². The summed E-state index contributed by atoms with van der Waals surface area (Å²) >= 11 is 0. The van der Waals surface area contributed by atoms with E-state index in [-0.39, 0.29) is 5.97 Å². The monoisotopic (exact) mass is 284 g/mol. The van der Waals surface area contributed by atoms with Gasteiger partial charge >= 0.3 is 5.97 Å². The van der Waals surface area contributed by atoms with Crippen molar-refractivity contribution in [1.82, 2.24) is 0 Å². The molecule has 19 heavy (non-hydrogen) atoms. The molecule has 0 aromatic rings. The summed E-state index contributed by atoms with van der Waals surface area (Å²) in [7, 11) is -1.33. The molecule has 0 fully saturated rings. The van der Waals surface area contributed by atoms with Gasteiger partial charge in [0.15, 0.2) is 0 Å². The number of rotatable bonds is 8. The first-order chi connectivity index (χ1) is 8.78. The average molecular weight is 285 g/mol. The van der Waals surface area contributed by atoms with E-state index in [1.807, 2.05) is 6.92 Å². The highest BCUT2D eigenvalue weighted by atomic mass is 28.3. The van der Waals surface area contributed by atoms with E-state index >= 15 is 0 Å². The standard InChI is InChI=1S/C16H32O2Si/c1-8-10-16(17)18-11-9-12-19(13(2)3,14(4)5)15(6)7/h8,10,13-15H,9,11-12H2,1-7H3.